The minimum Gasteiger partial charge on any atom is -0.395 e. The molecule has 6 N–H and O–H groups in total. The van der Waals surface area contributed by atoms with Gasteiger partial charge in [-0.05, 0) is 12.8 Å². The van der Waals surface area contributed by atoms with Gasteiger partial charge < -0.3 is 30.2 Å². The molecule has 50 heavy (non-hydrogen) atoms. The van der Waals surface area contributed by atoms with E-state index in [1.807, 2.05) is 0 Å². The van der Waals surface area contributed by atoms with Gasteiger partial charge in [0.1, 0.15) is 0 Å². The summed E-state index contributed by atoms with van der Waals surface area (Å²) >= 11 is 0. The molecule has 0 aliphatic heterocycles. The van der Waals surface area contributed by atoms with Crippen LogP contribution in [0.25, 0.3) is 0 Å². The van der Waals surface area contributed by atoms with Gasteiger partial charge in [0.05, 0.1) is 30.8 Å². The number of hydrogen-bond acceptors (Lipinski definition) is 7. The molecule has 2 atom stereocenters. The van der Waals surface area contributed by atoms with E-state index in [-0.39, 0.29) is 19.8 Å². The lowest BCUT2D eigenvalue weighted by Crippen LogP contribution is -2.55. The van der Waals surface area contributed by atoms with Gasteiger partial charge in [-0.3, -0.25) is 4.31 Å². The first-order valence-electron chi connectivity index (χ1n) is 21.5. The van der Waals surface area contributed by atoms with Gasteiger partial charge >= 0.3 is 0 Å². The monoisotopic (exact) mass is 755 g/mol. The minimum atomic E-state index is -1.22. The number of unbranched alkanes of at least 4 members (excludes halogenated alkanes) is 30. The SMILES string of the molecule is CCCCCCCCCCCCCCCCCCC(O)(CCCCCCCCCCCCCCCCCC)C(CO)(CO)CO.OPOPO. The molecule has 0 aliphatic carbocycles. The zero-order valence-electron chi connectivity index (χ0n) is 33.3. The Balaban J connectivity index is 0. The normalized spacial score (nSPS) is 12.5. The van der Waals surface area contributed by atoms with Crippen molar-refractivity contribution in [1.29, 1.82) is 0 Å². The summed E-state index contributed by atoms with van der Waals surface area (Å²) in [6.07, 6.45) is 43.0. The Hall–Kier alpha value is 0.580. The highest BCUT2D eigenvalue weighted by Gasteiger charge is 2.48. The third-order valence-corrected chi connectivity index (χ3v) is 11.6. The molecule has 7 nitrogen and oxygen atoms in total. The molecule has 0 fully saturated rings. The second kappa shape index (κ2) is 42.3. The third kappa shape index (κ3) is 32.0. The smallest absolute Gasteiger partial charge is 0.158 e. The summed E-state index contributed by atoms with van der Waals surface area (Å²) in [4.78, 5) is 15.4. The first-order valence-corrected chi connectivity index (χ1v) is 23.2. The quantitative estimate of drug-likeness (QED) is 0.0271. The summed E-state index contributed by atoms with van der Waals surface area (Å²) in [5, 5.41) is 42.0. The fourth-order valence-electron chi connectivity index (χ4n) is 7.20. The topological polar surface area (TPSA) is 131 Å². The second-order valence-corrected chi connectivity index (χ2v) is 16.4. The van der Waals surface area contributed by atoms with Crippen molar-refractivity contribution < 1.29 is 34.5 Å². The molecule has 0 bridgehead atoms. The number of aliphatic hydroxyl groups is 4. The fourth-order valence-corrected chi connectivity index (χ4v) is 7.36. The maximum atomic E-state index is 11.7. The van der Waals surface area contributed by atoms with Crippen molar-refractivity contribution in [2.45, 2.75) is 238 Å². The molecule has 0 aliphatic rings. The van der Waals surface area contributed by atoms with Crippen molar-refractivity contribution >= 4 is 18.1 Å². The average molecular weight is 755 g/mol. The van der Waals surface area contributed by atoms with E-state index in [4.69, 9.17) is 9.79 Å². The predicted octanol–water partition coefficient (Wildman–Crippen LogP) is 12.0. The Morgan fingerprint density at radius 3 is 0.720 bits per heavy atom. The van der Waals surface area contributed by atoms with Crippen molar-refractivity contribution in [3.05, 3.63) is 0 Å². The van der Waals surface area contributed by atoms with Crippen LogP contribution in [0.3, 0.4) is 0 Å². The van der Waals surface area contributed by atoms with Gasteiger partial charge in [0.25, 0.3) is 0 Å². The molecule has 0 radical (unpaired) electrons. The van der Waals surface area contributed by atoms with E-state index in [0.717, 1.165) is 25.7 Å². The van der Waals surface area contributed by atoms with Crippen molar-refractivity contribution in [3.8, 4) is 0 Å². The third-order valence-electron chi connectivity index (χ3n) is 10.9. The van der Waals surface area contributed by atoms with E-state index >= 15 is 0 Å². The second-order valence-electron chi connectivity index (χ2n) is 15.2. The highest BCUT2D eigenvalue weighted by molar-refractivity contribution is 7.39. The summed E-state index contributed by atoms with van der Waals surface area (Å²) < 4.78 is 4.00. The van der Waals surface area contributed by atoms with E-state index in [1.54, 1.807) is 0 Å². The lowest BCUT2D eigenvalue weighted by atomic mass is 9.68. The van der Waals surface area contributed by atoms with E-state index in [0.29, 0.717) is 12.8 Å². The average Bonchev–Trinajstić information content (AvgIpc) is 3.13. The molecule has 0 aromatic rings. The molecule has 0 saturated heterocycles. The minimum absolute atomic E-state index is 0.381. The highest BCUT2D eigenvalue weighted by atomic mass is 31.2. The first-order chi connectivity index (χ1) is 24.5. The van der Waals surface area contributed by atoms with Crippen LogP contribution in [0.1, 0.15) is 232 Å². The molecule has 9 heteroatoms. The van der Waals surface area contributed by atoms with Gasteiger partial charge in [0.15, 0.2) is 18.1 Å². The van der Waals surface area contributed by atoms with E-state index in [9.17, 15) is 20.4 Å². The van der Waals surface area contributed by atoms with Crippen molar-refractivity contribution in [3.63, 3.8) is 0 Å². The van der Waals surface area contributed by atoms with Crippen molar-refractivity contribution in [2.75, 3.05) is 19.8 Å². The van der Waals surface area contributed by atoms with Gasteiger partial charge in [-0.1, -0.05) is 219 Å². The standard InChI is InChI=1S/C41H84O4.H4O3P2/c1-3-5-7-9-11-13-15-17-19-21-23-25-27-29-31-33-35-41(45,40(37-42,38-43)39-44)36-34-32-30-28-26-24-22-20-18-16-14-12-10-8-6-4-2;1-4-3-5-2/h42-45H,3-39H2,1-2H3;1-2,4-5H. The van der Waals surface area contributed by atoms with Gasteiger partial charge in [0, 0.05) is 0 Å². The Morgan fingerprint density at radius 1 is 0.360 bits per heavy atom. The molecule has 0 heterocycles. The van der Waals surface area contributed by atoms with Crippen LogP contribution in [0.15, 0.2) is 0 Å². The lowest BCUT2D eigenvalue weighted by Gasteiger charge is -2.44. The van der Waals surface area contributed by atoms with Crippen LogP contribution in [-0.2, 0) is 4.31 Å². The van der Waals surface area contributed by atoms with E-state index < -0.39 is 29.1 Å². The van der Waals surface area contributed by atoms with E-state index in [2.05, 4.69) is 18.2 Å². The van der Waals surface area contributed by atoms with Crippen molar-refractivity contribution in [1.82, 2.24) is 0 Å². The van der Waals surface area contributed by atoms with Crippen molar-refractivity contribution in [2.24, 2.45) is 5.41 Å². The van der Waals surface area contributed by atoms with Crippen LogP contribution in [-0.4, -0.2) is 55.6 Å². The number of rotatable bonds is 40. The summed E-state index contributed by atoms with van der Waals surface area (Å²) in [5.74, 6) is 0. The summed E-state index contributed by atoms with van der Waals surface area (Å²) in [5.41, 5.74) is -2.44. The highest BCUT2D eigenvalue weighted by Crippen LogP contribution is 2.39. The molecular formula is C41H88O7P2. The first kappa shape index (κ1) is 52.7. The van der Waals surface area contributed by atoms with Crippen LogP contribution in [0, 0.1) is 5.41 Å². The summed E-state index contributed by atoms with van der Waals surface area (Å²) in [6.45, 7) is 3.42. The zero-order valence-corrected chi connectivity index (χ0v) is 35.3. The number of aliphatic hydroxyl groups excluding tert-OH is 3. The molecular weight excluding hydrogens is 666 g/mol. The molecule has 0 aromatic heterocycles. The van der Waals surface area contributed by atoms with Gasteiger partial charge in [-0.25, -0.2) is 0 Å². The van der Waals surface area contributed by atoms with Gasteiger partial charge in [-0.2, -0.15) is 0 Å². The molecule has 304 valence electrons. The Bertz CT molecular complexity index is 579. The molecule has 0 aromatic carbocycles. The largest absolute Gasteiger partial charge is 0.395 e. The fraction of sp³-hybridized carbons (Fsp3) is 1.00. The molecule has 0 amide bonds. The predicted molar refractivity (Wildman–Crippen MR) is 219 cm³/mol. The Labute approximate surface area is 314 Å². The zero-order chi connectivity index (χ0) is 37.3. The Kier molecular flexibility index (Phi) is 44.6. The molecule has 0 saturated carbocycles. The van der Waals surface area contributed by atoms with Crippen LogP contribution >= 0.6 is 18.1 Å². The molecule has 2 unspecified atom stereocenters. The van der Waals surface area contributed by atoms with Crippen LogP contribution < -0.4 is 0 Å². The number of hydrogen-bond donors (Lipinski definition) is 6. The lowest BCUT2D eigenvalue weighted by molar-refractivity contribution is -0.162. The summed E-state index contributed by atoms with van der Waals surface area (Å²) in [7, 11) is -1.16. The molecule has 0 spiro atoms. The maximum absolute atomic E-state index is 11.7. The van der Waals surface area contributed by atoms with Gasteiger partial charge in [0.2, 0.25) is 0 Å². The maximum Gasteiger partial charge on any atom is 0.158 e. The molecule has 0 rings (SSSR count). The van der Waals surface area contributed by atoms with Gasteiger partial charge in [-0.15, -0.1) is 0 Å². The van der Waals surface area contributed by atoms with Crippen LogP contribution in [0.4, 0.5) is 0 Å². The van der Waals surface area contributed by atoms with E-state index in [1.165, 1.54) is 180 Å². The van der Waals surface area contributed by atoms with Crippen LogP contribution in [0.5, 0.6) is 0 Å². The summed E-state index contributed by atoms with van der Waals surface area (Å²) in [6, 6.07) is 0. The Morgan fingerprint density at radius 2 is 0.560 bits per heavy atom. The van der Waals surface area contributed by atoms with Crippen LogP contribution in [0.2, 0.25) is 0 Å².